The Morgan fingerprint density at radius 2 is 1.88 bits per heavy atom. The lowest BCUT2D eigenvalue weighted by Crippen LogP contribution is -2.62. The minimum Gasteiger partial charge on any atom is -0.390 e. The molecule has 0 aromatic rings. The highest BCUT2D eigenvalue weighted by Crippen LogP contribution is 2.73. The lowest BCUT2D eigenvalue weighted by atomic mass is 9.54. The van der Waals surface area contributed by atoms with Gasteiger partial charge in [0, 0.05) is 12.5 Å². The van der Waals surface area contributed by atoms with E-state index in [1.807, 2.05) is 21.0 Å². The van der Waals surface area contributed by atoms with E-state index in [1.165, 1.54) is 0 Å². The summed E-state index contributed by atoms with van der Waals surface area (Å²) in [5.41, 5.74) is -0.657. The summed E-state index contributed by atoms with van der Waals surface area (Å²) in [5.74, 6) is 1.33. The molecule has 2 rings (SSSR count). The van der Waals surface area contributed by atoms with Crippen LogP contribution < -0.4 is 0 Å². The smallest absolute Gasteiger partial charge is 0.211 e. The number of ether oxygens (including phenoxy) is 1. The maximum atomic E-state index is 7.51. The Kier molecular flexibility index (Phi) is 2.30. The highest BCUT2D eigenvalue weighted by atomic mass is 16.5. The number of hydrogen-bond donors (Lipinski definition) is 1. The molecule has 2 nitrogen and oxygen atoms in total. The number of hydrogen-bond acceptors (Lipinski definition) is 2. The van der Waals surface area contributed by atoms with Crippen LogP contribution in [0.5, 0.6) is 0 Å². The molecule has 2 aliphatic carbocycles. The fourth-order valence-corrected chi connectivity index (χ4v) is 5.20. The van der Waals surface area contributed by atoms with E-state index in [4.69, 9.17) is 11.3 Å². The maximum absolute atomic E-state index is 7.51. The van der Waals surface area contributed by atoms with Crippen molar-refractivity contribution in [3.8, 4) is 0 Å². The molecule has 1 N–H and O–H groups in total. The second-order valence-electron chi connectivity index (χ2n) is 7.54. The van der Waals surface area contributed by atoms with Gasteiger partial charge in [-0.1, -0.05) is 20.8 Å². The first-order valence-electron chi connectivity index (χ1n) is 7.20. The van der Waals surface area contributed by atoms with Crippen LogP contribution in [0.25, 0.3) is 0 Å². The van der Waals surface area contributed by atoms with Gasteiger partial charge in [-0.2, -0.15) is 0 Å². The Bertz CT molecular complexity index is 352. The van der Waals surface area contributed by atoms with Crippen LogP contribution in [0, 0.1) is 22.7 Å². The standard InChI is InChI=1S/C15H28O2/c1-10-8-15(13(4,5)16)9-11(10)12(2,3)14(15,6)17-7/h10-11,16H,8-9H2,1-7H3/t10-,11?,14-,15?/m1/s1/i16T. The molecule has 100 valence electrons. The number of fused-ring (bicyclic) bond motifs is 2. The van der Waals surface area contributed by atoms with Gasteiger partial charge in [0.2, 0.25) is 1.43 Å². The monoisotopic (exact) mass is 242 g/mol. The molecule has 17 heavy (non-hydrogen) atoms. The van der Waals surface area contributed by atoms with Crippen LogP contribution >= 0.6 is 0 Å². The first-order chi connectivity index (χ1) is 8.09. The summed E-state index contributed by atoms with van der Waals surface area (Å²) in [5, 5.41) is 5.15. The molecule has 2 unspecified atom stereocenters. The minimum absolute atomic E-state index is 0.0654. The molecule has 4 atom stereocenters. The zero-order chi connectivity index (χ0) is 14.0. The third-order valence-electron chi connectivity index (χ3n) is 6.56. The van der Waals surface area contributed by atoms with Crippen LogP contribution in [0.4, 0.5) is 0 Å². The van der Waals surface area contributed by atoms with Gasteiger partial charge in [0.05, 0.1) is 11.2 Å². The molecule has 0 aromatic heterocycles. The van der Waals surface area contributed by atoms with Crippen molar-refractivity contribution in [3.63, 3.8) is 0 Å². The summed E-state index contributed by atoms with van der Waals surface area (Å²) in [7, 11) is 1.81. The highest BCUT2D eigenvalue weighted by Gasteiger charge is 2.75. The lowest BCUT2D eigenvalue weighted by Gasteiger charge is -2.57. The first-order valence-corrected chi connectivity index (χ1v) is 6.79. The quantitative estimate of drug-likeness (QED) is 0.823. The predicted molar refractivity (Wildman–Crippen MR) is 69.8 cm³/mol. The van der Waals surface area contributed by atoms with Crippen molar-refractivity contribution >= 4 is 0 Å². The van der Waals surface area contributed by atoms with E-state index in [0.29, 0.717) is 11.8 Å². The van der Waals surface area contributed by atoms with Crippen LogP contribution in [0.3, 0.4) is 0 Å². The molecule has 2 bridgehead atoms. The number of methoxy groups -OCH3 is 1. The summed E-state index contributed by atoms with van der Waals surface area (Å²) in [6.07, 6.45) is 2.20. The molecule has 2 fully saturated rings. The van der Waals surface area contributed by atoms with E-state index >= 15 is 0 Å². The molecular formula is C15H28O2. The van der Waals surface area contributed by atoms with E-state index in [0.717, 1.165) is 12.8 Å². The summed E-state index contributed by atoms with van der Waals surface area (Å²) >= 11 is 0. The zero-order valence-corrected chi connectivity index (χ0v) is 12.4. The third kappa shape index (κ3) is 1.24. The lowest BCUT2D eigenvalue weighted by molar-refractivity contribution is -0.223. The first kappa shape index (κ1) is 12.0. The van der Waals surface area contributed by atoms with Crippen LogP contribution in [0.15, 0.2) is 0 Å². The third-order valence-corrected chi connectivity index (χ3v) is 6.56. The van der Waals surface area contributed by atoms with Crippen LogP contribution in [-0.2, 0) is 4.74 Å². The van der Waals surface area contributed by atoms with Crippen LogP contribution in [-0.4, -0.2) is 24.9 Å². The van der Waals surface area contributed by atoms with Gasteiger partial charge >= 0.3 is 0 Å². The van der Waals surface area contributed by atoms with Crippen molar-refractivity contribution in [3.05, 3.63) is 0 Å². The SMILES string of the molecule is [3H]OC(C)(C)C12CC([C@H](C)C1)C(C)(C)[C@@]2(C)OC. The number of rotatable bonds is 3. The summed E-state index contributed by atoms with van der Waals surface area (Å²) in [6, 6.07) is 0. The second kappa shape index (κ2) is 3.27. The van der Waals surface area contributed by atoms with Gasteiger partial charge < -0.3 is 9.85 Å². The van der Waals surface area contributed by atoms with E-state index in [9.17, 15) is 0 Å². The van der Waals surface area contributed by atoms with Crippen molar-refractivity contribution in [2.75, 3.05) is 7.11 Å². The van der Waals surface area contributed by atoms with Crippen molar-refractivity contribution in [2.45, 2.75) is 65.6 Å². The van der Waals surface area contributed by atoms with Gasteiger partial charge in [-0.3, -0.25) is 0 Å². The average molecular weight is 242 g/mol. The molecule has 0 heterocycles. The summed E-state index contributed by atoms with van der Waals surface area (Å²) in [4.78, 5) is 0. The fourth-order valence-electron chi connectivity index (χ4n) is 5.20. The van der Waals surface area contributed by atoms with Gasteiger partial charge in [-0.05, 0) is 50.9 Å². The molecule has 0 amide bonds. The van der Waals surface area contributed by atoms with Crippen LogP contribution in [0.2, 0.25) is 0 Å². The predicted octanol–water partition coefficient (Wildman–Crippen LogP) is 3.23. The van der Waals surface area contributed by atoms with E-state index in [-0.39, 0.29) is 16.4 Å². The number of aliphatic hydroxyl groups is 1. The molecule has 0 radical (unpaired) electrons. The molecule has 0 saturated heterocycles. The van der Waals surface area contributed by atoms with E-state index in [2.05, 4.69) is 27.7 Å². The molecule has 2 heteroatoms. The molecular weight excluding hydrogens is 212 g/mol. The zero-order valence-electron chi connectivity index (χ0n) is 13.4. The van der Waals surface area contributed by atoms with Crippen molar-refractivity contribution in [2.24, 2.45) is 22.7 Å². The highest BCUT2D eigenvalue weighted by molar-refractivity contribution is 5.24. The Labute approximate surface area is 107 Å². The van der Waals surface area contributed by atoms with Crippen molar-refractivity contribution in [1.29, 1.82) is 1.43 Å². The summed E-state index contributed by atoms with van der Waals surface area (Å²) in [6.45, 7) is 13.3. The van der Waals surface area contributed by atoms with Gasteiger partial charge in [0.15, 0.2) is 0 Å². The normalized spacial score (nSPS) is 49.5. The van der Waals surface area contributed by atoms with Gasteiger partial charge in [0.25, 0.3) is 0 Å². The summed E-state index contributed by atoms with van der Waals surface area (Å²) < 4.78 is 13.5. The Balaban J connectivity index is 2.59. The van der Waals surface area contributed by atoms with Crippen molar-refractivity contribution < 1.29 is 9.85 Å². The second-order valence-corrected chi connectivity index (χ2v) is 7.54. The van der Waals surface area contributed by atoms with Gasteiger partial charge in [0.1, 0.15) is 0 Å². The molecule has 0 aliphatic heterocycles. The maximum Gasteiger partial charge on any atom is 0.211 e. The fraction of sp³-hybridized carbons (Fsp3) is 1.00. The van der Waals surface area contributed by atoms with E-state index < -0.39 is 5.60 Å². The topological polar surface area (TPSA) is 29.5 Å². The average Bonchev–Trinajstić information content (AvgIpc) is 2.74. The Morgan fingerprint density at radius 1 is 1.29 bits per heavy atom. The molecule has 0 aromatic carbocycles. The molecule has 2 aliphatic rings. The van der Waals surface area contributed by atoms with E-state index in [1.54, 1.807) is 0 Å². The van der Waals surface area contributed by atoms with Crippen LogP contribution in [0.1, 0.15) is 54.4 Å². The van der Waals surface area contributed by atoms with Crippen molar-refractivity contribution in [1.82, 2.24) is 0 Å². The molecule has 0 spiro atoms. The van der Waals surface area contributed by atoms with Gasteiger partial charge in [-0.25, -0.2) is 0 Å². The largest absolute Gasteiger partial charge is 0.390 e. The molecule has 2 saturated carbocycles. The van der Waals surface area contributed by atoms with Gasteiger partial charge in [-0.15, -0.1) is 0 Å². The Morgan fingerprint density at radius 3 is 2.35 bits per heavy atom. The minimum atomic E-state index is -0.478. The Hall–Kier alpha value is -0.0800.